The summed E-state index contributed by atoms with van der Waals surface area (Å²) in [6.45, 7) is 4.45. The van der Waals surface area contributed by atoms with Crippen molar-refractivity contribution in [3.05, 3.63) is 11.6 Å². The molecule has 0 aromatic rings. The number of carbonyl (C=O) groups is 1. The van der Waals surface area contributed by atoms with Crippen LogP contribution in [0.1, 0.15) is 65.2 Å². The number of ketones is 1. The van der Waals surface area contributed by atoms with Crippen molar-refractivity contribution in [1.29, 1.82) is 0 Å². The monoisotopic (exact) mass is 366 g/mol. The first-order chi connectivity index (χ1) is 11.6. The summed E-state index contributed by atoms with van der Waals surface area (Å²) in [5, 5.41) is 0. The number of hydrogen-bond acceptors (Lipinski definition) is 5. The normalized spacial score (nSPS) is 46.9. The number of phosphoric acid groups is 1. The molecule has 0 spiro atoms. The summed E-state index contributed by atoms with van der Waals surface area (Å²) in [5.74, 6) is 1.78. The molecular weight excluding hydrogens is 339 g/mol. The van der Waals surface area contributed by atoms with Crippen LogP contribution in [0.15, 0.2) is 11.6 Å². The van der Waals surface area contributed by atoms with E-state index in [0.717, 1.165) is 38.5 Å². The summed E-state index contributed by atoms with van der Waals surface area (Å²) in [5.41, 5.74) is 1.24. The third kappa shape index (κ3) is 2.79. The molecule has 0 amide bonds. The fraction of sp³-hybridized carbons (Fsp3) is 0.842. The zero-order valence-corrected chi connectivity index (χ0v) is 15.9. The van der Waals surface area contributed by atoms with Gasteiger partial charge in [-0.1, -0.05) is 19.4 Å². The van der Waals surface area contributed by atoms with Gasteiger partial charge >= 0.3 is 0 Å². The van der Waals surface area contributed by atoms with Gasteiger partial charge in [0.15, 0.2) is 5.78 Å². The molecule has 6 heteroatoms. The predicted octanol–water partition coefficient (Wildman–Crippen LogP) is 2.73. The van der Waals surface area contributed by atoms with Gasteiger partial charge in [-0.3, -0.25) is 4.79 Å². The minimum Gasteiger partial charge on any atom is -0.790 e. The molecule has 0 aliphatic heterocycles. The molecule has 0 aromatic carbocycles. The highest BCUT2D eigenvalue weighted by Crippen LogP contribution is 2.66. The maximum Gasteiger partial charge on any atom is 0.155 e. The van der Waals surface area contributed by atoms with E-state index in [4.69, 9.17) is 4.52 Å². The Hall–Kier alpha value is -0.480. The van der Waals surface area contributed by atoms with Crippen LogP contribution in [0.5, 0.6) is 0 Å². The Morgan fingerprint density at radius 1 is 1.08 bits per heavy atom. The molecule has 4 aliphatic rings. The van der Waals surface area contributed by atoms with Crippen molar-refractivity contribution in [1.82, 2.24) is 0 Å². The predicted molar refractivity (Wildman–Crippen MR) is 89.2 cm³/mol. The van der Waals surface area contributed by atoms with Gasteiger partial charge in [-0.05, 0) is 79.6 Å². The van der Waals surface area contributed by atoms with Crippen molar-refractivity contribution >= 4 is 13.6 Å². The first-order valence-corrected chi connectivity index (χ1v) is 11.0. The molecule has 3 fully saturated rings. The minimum absolute atomic E-state index is 0.115. The van der Waals surface area contributed by atoms with E-state index in [0.29, 0.717) is 30.6 Å². The fourth-order valence-electron chi connectivity index (χ4n) is 6.84. The number of phosphoric ester groups is 1. The van der Waals surface area contributed by atoms with Crippen molar-refractivity contribution in [2.45, 2.75) is 71.3 Å². The highest BCUT2D eigenvalue weighted by Gasteiger charge is 2.59. The Morgan fingerprint density at radius 3 is 2.56 bits per heavy atom. The van der Waals surface area contributed by atoms with Gasteiger partial charge in [0.2, 0.25) is 0 Å². The van der Waals surface area contributed by atoms with Crippen molar-refractivity contribution in [2.24, 2.45) is 28.6 Å². The zero-order chi connectivity index (χ0) is 18.0. The van der Waals surface area contributed by atoms with Crippen LogP contribution in [0.3, 0.4) is 0 Å². The molecule has 6 atom stereocenters. The molecule has 3 saturated carbocycles. The average molecular weight is 366 g/mol. The average Bonchev–Trinajstić information content (AvgIpc) is 2.83. The molecule has 4 rings (SSSR count). The molecule has 0 N–H and O–H groups in total. The lowest BCUT2D eigenvalue weighted by molar-refractivity contribution is -0.347. The fourth-order valence-corrected chi connectivity index (χ4v) is 7.50. The van der Waals surface area contributed by atoms with Crippen LogP contribution in [0.25, 0.3) is 0 Å². The van der Waals surface area contributed by atoms with E-state index in [1.54, 1.807) is 0 Å². The second-order valence-corrected chi connectivity index (χ2v) is 10.2. The number of rotatable bonds is 2. The minimum atomic E-state index is -4.95. The Morgan fingerprint density at radius 2 is 1.84 bits per heavy atom. The summed E-state index contributed by atoms with van der Waals surface area (Å²) < 4.78 is 16.2. The summed E-state index contributed by atoms with van der Waals surface area (Å²) in [6.07, 6.45) is 8.61. The van der Waals surface area contributed by atoms with E-state index in [-0.39, 0.29) is 16.6 Å². The zero-order valence-electron chi connectivity index (χ0n) is 15.0. The highest BCUT2D eigenvalue weighted by atomic mass is 31.2. The quantitative estimate of drug-likeness (QED) is 0.701. The first kappa shape index (κ1) is 17.9. The van der Waals surface area contributed by atoms with Crippen molar-refractivity contribution in [3.63, 3.8) is 0 Å². The first-order valence-electron chi connectivity index (χ1n) is 9.58. The Bertz CT molecular complexity index is 667. The number of fused-ring (bicyclic) bond motifs is 5. The molecule has 140 valence electrons. The summed E-state index contributed by atoms with van der Waals surface area (Å²) in [7, 11) is -4.95. The van der Waals surface area contributed by atoms with Crippen LogP contribution in [0, 0.1) is 28.6 Å². The van der Waals surface area contributed by atoms with Crippen molar-refractivity contribution in [3.8, 4) is 0 Å². The van der Waals surface area contributed by atoms with Gasteiger partial charge in [-0.2, -0.15) is 0 Å². The second kappa shape index (κ2) is 5.76. The molecule has 25 heavy (non-hydrogen) atoms. The topological polar surface area (TPSA) is 89.5 Å². The van der Waals surface area contributed by atoms with E-state index in [2.05, 4.69) is 13.8 Å². The Labute approximate surface area is 149 Å². The third-order valence-electron chi connectivity index (χ3n) is 8.13. The molecular formula is C19H27O5P-2. The van der Waals surface area contributed by atoms with Crippen LogP contribution in [-0.2, 0) is 13.9 Å². The molecule has 5 nitrogen and oxygen atoms in total. The van der Waals surface area contributed by atoms with E-state index in [1.807, 2.05) is 6.08 Å². The van der Waals surface area contributed by atoms with Crippen LogP contribution in [-0.4, -0.2) is 11.9 Å². The summed E-state index contributed by atoms with van der Waals surface area (Å²) >= 11 is 0. The lowest BCUT2D eigenvalue weighted by Crippen LogP contribution is -2.51. The van der Waals surface area contributed by atoms with Crippen LogP contribution in [0.4, 0.5) is 0 Å². The summed E-state index contributed by atoms with van der Waals surface area (Å²) in [6, 6.07) is 0. The van der Waals surface area contributed by atoms with Gasteiger partial charge in [0.25, 0.3) is 0 Å². The van der Waals surface area contributed by atoms with Crippen LogP contribution < -0.4 is 9.79 Å². The van der Waals surface area contributed by atoms with Crippen LogP contribution >= 0.6 is 7.82 Å². The highest BCUT2D eigenvalue weighted by molar-refractivity contribution is 7.43. The number of allylic oxidation sites excluding steroid dienone is 1. The van der Waals surface area contributed by atoms with Crippen molar-refractivity contribution in [2.75, 3.05) is 0 Å². The molecule has 0 saturated heterocycles. The van der Waals surface area contributed by atoms with Crippen LogP contribution in [0.2, 0.25) is 0 Å². The van der Waals surface area contributed by atoms with Gasteiger partial charge in [0.05, 0.1) is 13.9 Å². The van der Waals surface area contributed by atoms with Gasteiger partial charge in [-0.25, -0.2) is 0 Å². The third-order valence-corrected chi connectivity index (χ3v) is 8.64. The lowest BCUT2D eigenvalue weighted by atomic mass is 9.47. The second-order valence-electron chi connectivity index (χ2n) is 9.13. The largest absolute Gasteiger partial charge is 0.790 e. The molecule has 0 aromatic heterocycles. The van der Waals surface area contributed by atoms with Gasteiger partial charge < -0.3 is 18.9 Å². The molecule has 0 radical (unpaired) electrons. The van der Waals surface area contributed by atoms with E-state index < -0.39 is 13.9 Å². The maximum absolute atomic E-state index is 11.9. The van der Waals surface area contributed by atoms with Gasteiger partial charge in [0, 0.05) is 6.42 Å². The standard InChI is InChI=1S/C19H29O5P/c1-18-9-7-13(20)11-12(18)3-4-14-15-5-6-17(24-25(21,22)23)19(15,2)10-8-16(14)18/h11,14-17H,3-10H2,1-2H3,(H2,21,22,23)/p-2. The molecule has 0 bridgehead atoms. The SMILES string of the molecule is CC12CCC(=O)C=C1CCC1C2CCC2(C)C(OP(=O)([O-])[O-])CCC12. The number of carbonyl (C=O) groups excluding carboxylic acids is 1. The molecule has 4 aliphatic carbocycles. The van der Waals surface area contributed by atoms with Gasteiger partial charge in [0.1, 0.15) is 0 Å². The van der Waals surface area contributed by atoms with E-state index in [9.17, 15) is 19.1 Å². The van der Waals surface area contributed by atoms with E-state index >= 15 is 0 Å². The maximum atomic E-state index is 11.9. The van der Waals surface area contributed by atoms with E-state index in [1.165, 1.54) is 5.57 Å². The smallest absolute Gasteiger partial charge is 0.155 e. The summed E-state index contributed by atoms with van der Waals surface area (Å²) in [4.78, 5) is 34.2. The Kier molecular flexibility index (Phi) is 4.12. The Balaban J connectivity index is 1.61. The molecule has 6 unspecified atom stereocenters. The number of hydrogen-bond donors (Lipinski definition) is 0. The lowest BCUT2D eigenvalue weighted by Gasteiger charge is -2.58. The molecule has 0 heterocycles. The van der Waals surface area contributed by atoms with Gasteiger partial charge in [-0.15, -0.1) is 0 Å². The van der Waals surface area contributed by atoms with Crippen molar-refractivity contribution < 1.29 is 23.7 Å².